The van der Waals surface area contributed by atoms with Crippen LogP contribution in [0.3, 0.4) is 0 Å². The molecule has 0 saturated heterocycles. The van der Waals surface area contributed by atoms with E-state index in [-0.39, 0.29) is 5.97 Å². The first-order valence-electron chi connectivity index (χ1n) is 8.96. The maximum Gasteiger partial charge on any atom is 0.333 e. The van der Waals surface area contributed by atoms with Crippen molar-refractivity contribution in [3.05, 3.63) is 29.8 Å². The van der Waals surface area contributed by atoms with E-state index in [1.807, 2.05) is 19.9 Å². The number of ether oxygens (including phenoxy) is 3. The quantitative estimate of drug-likeness (QED) is 0.247. The van der Waals surface area contributed by atoms with Crippen LogP contribution in [0.15, 0.2) is 24.3 Å². The van der Waals surface area contributed by atoms with Gasteiger partial charge < -0.3 is 14.2 Å². The van der Waals surface area contributed by atoms with Gasteiger partial charge in [-0.3, -0.25) is 0 Å². The minimum atomic E-state index is -0.306. The second-order valence-electron chi connectivity index (χ2n) is 5.88. The van der Waals surface area contributed by atoms with E-state index in [2.05, 4.69) is 22.9 Å². The predicted octanol–water partition coefficient (Wildman–Crippen LogP) is 3.50. The number of carbonyl (C=O) groups excluding carboxylic acids is 1. The molecule has 0 spiro atoms. The summed E-state index contributed by atoms with van der Waals surface area (Å²) in [7, 11) is 3.59. The Labute approximate surface area is 155 Å². The van der Waals surface area contributed by atoms with Gasteiger partial charge in [0.05, 0.1) is 30.1 Å². The fourth-order valence-corrected chi connectivity index (χ4v) is 2.72. The lowest BCUT2D eigenvalue weighted by Crippen LogP contribution is -2.13. The maximum absolute atomic E-state index is 11.3. The number of unbranched alkanes of at least 4 members (excludes halogenated alkanes) is 3. The highest BCUT2D eigenvalue weighted by atomic mass is 28.1. The van der Waals surface area contributed by atoms with Crippen LogP contribution in [0.4, 0.5) is 0 Å². The molecule has 0 fully saturated rings. The molecule has 0 saturated carbocycles. The number of carbonyl (C=O) groups is 1. The molecule has 0 bridgehead atoms. The Balaban J connectivity index is 2.45. The molecule has 0 atom stereocenters. The summed E-state index contributed by atoms with van der Waals surface area (Å²) in [6.45, 7) is 10.8. The van der Waals surface area contributed by atoms with Gasteiger partial charge in [0.25, 0.3) is 0 Å². The lowest BCUT2D eigenvalue weighted by Gasteiger charge is -2.17. The highest BCUT2D eigenvalue weighted by molar-refractivity contribution is 6.34. The van der Waals surface area contributed by atoms with Crippen LogP contribution in [0.5, 0.6) is 11.5 Å². The summed E-state index contributed by atoms with van der Waals surface area (Å²) in [6, 6.07) is 4.10. The van der Waals surface area contributed by atoms with Crippen molar-refractivity contribution >= 4 is 21.4 Å². The van der Waals surface area contributed by atoms with Crippen LogP contribution < -0.4 is 14.7 Å². The molecule has 5 heteroatoms. The Hall–Kier alpha value is -1.75. The topological polar surface area (TPSA) is 44.8 Å². The van der Waals surface area contributed by atoms with Gasteiger partial charge in [0.15, 0.2) is 11.5 Å². The molecule has 137 valence electrons. The molecular weight excluding hydrogens is 332 g/mol. The Bertz CT molecular complexity index is 569. The molecule has 0 N–H and O–H groups in total. The van der Waals surface area contributed by atoms with Gasteiger partial charge in [-0.2, -0.15) is 0 Å². The van der Waals surface area contributed by atoms with Crippen LogP contribution in [-0.4, -0.2) is 36.0 Å². The van der Waals surface area contributed by atoms with Crippen molar-refractivity contribution in [3.63, 3.8) is 0 Å². The molecule has 0 unspecified atom stereocenters. The maximum atomic E-state index is 11.3. The fourth-order valence-electron chi connectivity index (χ4n) is 2.45. The molecule has 1 aromatic carbocycles. The third kappa shape index (κ3) is 7.34. The number of hydrogen-bond acceptors (Lipinski definition) is 4. The zero-order valence-electron chi connectivity index (χ0n) is 15.7. The average molecular weight is 362 g/mol. The lowest BCUT2D eigenvalue weighted by molar-refractivity contribution is -0.139. The molecule has 25 heavy (non-hydrogen) atoms. The van der Waals surface area contributed by atoms with E-state index < -0.39 is 0 Å². The SMILES string of the molecule is C=C(C)C(=O)OCCCCCCc1ccc([Si])c(OCC)c1OCC. The first-order valence-corrected chi connectivity index (χ1v) is 9.46. The fraction of sp³-hybridized carbons (Fsp3) is 0.550. The minimum absolute atomic E-state index is 0.306. The summed E-state index contributed by atoms with van der Waals surface area (Å²) in [4.78, 5) is 11.3. The molecule has 1 aromatic rings. The van der Waals surface area contributed by atoms with Crippen molar-refractivity contribution in [1.29, 1.82) is 0 Å². The monoisotopic (exact) mass is 361 g/mol. The van der Waals surface area contributed by atoms with Gasteiger partial charge in [0.1, 0.15) is 0 Å². The molecule has 0 aromatic heterocycles. The van der Waals surface area contributed by atoms with Crippen LogP contribution in [0.25, 0.3) is 0 Å². The Kier molecular flexibility index (Phi) is 10.00. The molecular formula is C20H29O4Si. The first-order chi connectivity index (χ1) is 12.0. The van der Waals surface area contributed by atoms with E-state index in [4.69, 9.17) is 14.2 Å². The molecule has 1 rings (SSSR count). The molecule has 3 radical (unpaired) electrons. The number of benzene rings is 1. The lowest BCUT2D eigenvalue weighted by atomic mass is 10.0. The van der Waals surface area contributed by atoms with E-state index in [9.17, 15) is 4.79 Å². The normalized spacial score (nSPS) is 10.4. The van der Waals surface area contributed by atoms with Gasteiger partial charge in [-0.05, 0) is 50.8 Å². The smallest absolute Gasteiger partial charge is 0.333 e. The molecule has 0 amide bonds. The van der Waals surface area contributed by atoms with E-state index in [0.717, 1.165) is 48.8 Å². The summed E-state index contributed by atoms with van der Waals surface area (Å²) in [6.07, 6.45) is 4.98. The van der Waals surface area contributed by atoms with Gasteiger partial charge in [-0.15, -0.1) is 0 Å². The third-order valence-corrected chi connectivity index (χ3v) is 4.09. The zero-order valence-corrected chi connectivity index (χ0v) is 16.7. The van der Waals surface area contributed by atoms with Crippen LogP contribution >= 0.6 is 0 Å². The summed E-state index contributed by atoms with van der Waals surface area (Å²) >= 11 is 0. The molecule has 0 aliphatic rings. The van der Waals surface area contributed by atoms with E-state index in [1.54, 1.807) is 6.92 Å². The first kappa shape index (κ1) is 21.3. The van der Waals surface area contributed by atoms with Gasteiger partial charge in [0, 0.05) is 5.57 Å². The number of aryl methyl sites for hydroxylation is 1. The van der Waals surface area contributed by atoms with Crippen molar-refractivity contribution < 1.29 is 19.0 Å². The molecule has 0 aliphatic carbocycles. The van der Waals surface area contributed by atoms with Gasteiger partial charge in [-0.25, -0.2) is 4.79 Å². The van der Waals surface area contributed by atoms with Crippen molar-refractivity contribution in [1.82, 2.24) is 0 Å². The van der Waals surface area contributed by atoms with Crippen LogP contribution in [0.2, 0.25) is 0 Å². The highest BCUT2D eigenvalue weighted by Gasteiger charge is 2.13. The van der Waals surface area contributed by atoms with Crippen molar-refractivity contribution in [3.8, 4) is 11.5 Å². The number of hydrogen-bond donors (Lipinski definition) is 0. The van der Waals surface area contributed by atoms with Gasteiger partial charge in [0.2, 0.25) is 0 Å². The Morgan fingerprint density at radius 3 is 2.32 bits per heavy atom. The van der Waals surface area contributed by atoms with Gasteiger partial charge in [-0.1, -0.05) is 31.6 Å². The second kappa shape index (κ2) is 11.7. The van der Waals surface area contributed by atoms with E-state index in [0.29, 0.717) is 25.4 Å². The molecule has 4 nitrogen and oxygen atoms in total. The minimum Gasteiger partial charge on any atom is -0.490 e. The summed E-state index contributed by atoms with van der Waals surface area (Å²) in [5.41, 5.74) is 1.62. The van der Waals surface area contributed by atoms with Crippen LogP contribution in [-0.2, 0) is 16.0 Å². The molecule has 0 aliphatic heterocycles. The van der Waals surface area contributed by atoms with E-state index in [1.165, 1.54) is 5.56 Å². The van der Waals surface area contributed by atoms with Crippen molar-refractivity contribution in [2.24, 2.45) is 0 Å². The summed E-state index contributed by atoms with van der Waals surface area (Å²) in [5.74, 6) is 1.32. The average Bonchev–Trinajstić information content (AvgIpc) is 2.58. The molecule has 0 heterocycles. The number of esters is 1. The second-order valence-corrected chi connectivity index (χ2v) is 6.42. The largest absolute Gasteiger partial charge is 0.490 e. The zero-order chi connectivity index (χ0) is 18.7. The summed E-state index contributed by atoms with van der Waals surface area (Å²) in [5, 5.41) is 0.911. The van der Waals surface area contributed by atoms with Crippen LogP contribution in [0, 0.1) is 0 Å². The predicted molar refractivity (Wildman–Crippen MR) is 102 cm³/mol. The third-order valence-electron chi connectivity index (χ3n) is 3.69. The standard InChI is InChI=1S/C20H29O4Si/c1-5-22-18-16(12-13-17(25)19(18)23-6-2)11-9-7-8-10-14-24-20(21)15(3)4/h12-13H,3,5-11,14H2,1-2,4H3. The van der Waals surface area contributed by atoms with E-state index >= 15 is 0 Å². The van der Waals surface area contributed by atoms with Crippen molar-refractivity contribution in [2.75, 3.05) is 19.8 Å². The van der Waals surface area contributed by atoms with Crippen molar-refractivity contribution in [2.45, 2.75) is 52.9 Å². The summed E-state index contributed by atoms with van der Waals surface area (Å²) < 4.78 is 16.7. The number of rotatable bonds is 12. The Morgan fingerprint density at radius 1 is 1.04 bits per heavy atom. The highest BCUT2D eigenvalue weighted by Crippen LogP contribution is 2.30. The Morgan fingerprint density at radius 2 is 1.68 bits per heavy atom. The van der Waals surface area contributed by atoms with Gasteiger partial charge >= 0.3 is 5.97 Å². The van der Waals surface area contributed by atoms with Crippen LogP contribution in [0.1, 0.15) is 52.0 Å².